The highest BCUT2D eigenvalue weighted by Gasteiger charge is 2.48. The van der Waals surface area contributed by atoms with Crippen LogP contribution >= 0.6 is 0 Å². The topological polar surface area (TPSA) is 39.2 Å². The molecule has 2 unspecified atom stereocenters. The quantitative estimate of drug-likeness (QED) is 0.733. The summed E-state index contributed by atoms with van der Waals surface area (Å²) in [6.45, 7) is 4.05. The molecule has 0 saturated carbocycles. The lowest BCUT2D eigenvalue weighted by Gasteiger charge is -2.24. The van der Waals surface area contributed by atoms with Gasteiger partial charge in [0.15, 0.2) is 0 Å². The van der Waals surface area contributed by atoms with Crippen molar-refractivity contribution in [1.29, 1.82) is 0 Å². The average Bonchev–Trinajstić information content (AvgIpc) is 2.57. The van der Waals surface area contributed by atoms with Crippen molar-refractivity contribution in [2.75, 3.05) is 0 Å². The Morgan fingerprint density at radius 3 is 2.69 bits per heavy atom. The highest BCUT2D eigenvalue weighted by molar-refractivity contribution is 5.85. The van der Waals surface area contributed by atoms with Crippen LogP contribution in [0.5, 0.6) is 0 Å². The Hall–Kier alpha value is -1.38. The van der Waals surface area contributed by atoms with Crippen molar-refractivity contribution in [3.8, 4) is 0 Å². The van der Waals surface area contributed by atoms with E-state index in [1.54, 1.807) is 12.4 Å². The van der Waals surface area contributed by atoms with Crippen LogP contribution in [0.4, 0.5) is 0 Å². The second-order valence-electron chi connectivity index (χ2n) is 4.49. The van der Waals surface area contributed by atoms with E-state index in [-0.39, 0.29) is 12.1 Å². The van der Waals surface area contributed by atoms with Gasteiger partial charge in [-0.1, -0.05) is 13.3 Å². The zero-order chi connectivity index (χ0) is 11.6. The summed E-state index contributed by atoms with van der Waals surface area (Å²) in [5.74, 6) is -0.0759. The summed E-state index contributed by atoms with van der Waals surface area (Å²) >= 11 is 0. The summed E-state index contributed by atoms with van der Waals surface area (Å²) in [4.78, 5) is 16.1. The number of carbonyl (C=O) groups is 1. The molecule has 0 amide bonds. The minimum Gasteiger partial charge on any atom is -0.462 e. The lowest BCUT2D eigenvalue weighted by molar-refractivity contribution is -0.145. The van der Waals surface area contributed by atoms with Crippen LogP contribution in [0.3, 0.4) is 0 Å². The minimum absolute atomic E-state index is 0.0206. The molecule has 16 heavy (non-hydrogen) atoms. The standard InChI is InChI=1S/C13H17NO2/c1-3-6-13(9-10(2)16-12(13)15)11-4-7-14-8-5-11/h4-5,7-8,10H,3,6,9H2,1-2H3. The summed E-state index contributed by atoms with van der Waals surface area (Å²) in [5, 5.41) is 0. The van der Waals surface area contributed by atoms with Crippen LogP contribution in [0.15, 0.2) is 24.5 Å². The van der Waals surface area contributed by atoms with Crippen LogP contribution in [-0.2, 0) is 14.9 Å². The molecule has 0 aromatic carbocycles. The first kappa shape index (κ1) is 11.1. The molecule has 1 aromatic heterocycles. The number of rotatable bonds is 3. The van der Waals surface area contributed by atoms with Crippen molar-refractivity contribution in [1.82, 2.24) is 4.98 Å². The van der Waals surface area contributed by atoms with E-state index in [9.17, 15) is 4.79 Å². The Morgan fingerprint density at radius 1 is 1.50 bits per heavy atom. The Kier molecular flexibility index (Phi) is 2.95. The molecule has 1 aliphatic rings. The molecule has 86 valence electrons. The maximum atomic E-state index is 12.1. The maximum Gasteiger partial charge on any atom is 0.316 e. The van der Waals surface area contributed by atoms with Gasteiger partial charge in [-0.15, -0.1) is 0 Å². The number of pyridine rings is 1. The second-order valence-corrected chi connectivity index (χ2v) is 4.49. The molecule has 0 radical (unpaired) electrons. The van der Waals surface area contributed by atoms with Crippen molar-refractivity contribution in [3.63, 3.8) is 0 Å². The van der Waals surface area contributed by atoms with Crippen molar-refractivity contribution in [3.05, 3.63) is 30.1 Å². The highest BCUT2D eigenvalue weighted by Crippen LogP contribution is 2.41. The van der Waals surface area contributed by atoms with Crippen molar-refractivity contribution in [2.45, 2.75) is 44.6 Å². The van der Waals surface area contributed by atoms with Crippen LogP contribution in [0, 0.1) is 0 Å². The fourth-order valence-corrected chi connectivity index (χ4v) is 2.59. The van der Waals surface area contributed by atoms with E-state index in [1.165, 1.54) is 0 Å². The lowest BCUT2D eigenvalue weighted by atomic mass is 9.75. The molecule has 0 spiro atoms. The molecule has 2 atom stereocenters. The third kappa shape index (κ3) is 1.70. The van der Waals surface area contributed by atoms with E-state index in [0.717, 1.165) is 24.8 Å². The van der Waals surface area contributed by atoms with Gasteiger partial charge in [0.1, 0.15) is 6.10 Å². The summed E-state index contributed by atoms with van der Waals surface area (Å²) in [7, 11) is 0. The SMILES string of the molecule is CCCC1(c2ccncc2)CC(C)OC1=O. The molecule has 1 saturated heterocycles. The monoisotopic (exact) mass is 219 g/mol. The van der Waals surface area contributed by atoms with Gasteiger partial charge in [0, 0.05) is 18.8 Å². The molecule has 0 N–H and O–H groups in total. The Morgan fingerprint density at radius 2 is 2.19 bits per heavy atom. The first-order chi connectivity index (χ1) is 7.69. The molecule has 1 aromatic rings. The smallest absolute Gasteiger partial charge is 0.316 e. The second kappa shape index (κ2) is 4.24. The number of nitrogens with zero attached hydrogens (tertiary/aromatic N) is 1. The van der Waals surface area contributed by atoms with Gasteiger partial charge in [-0.25, -0.2) is 0 Å². The summed E-state index contributed by atoms with van der Waals surface area (Å²) < 4.78 is 5.32. The largest absolute Gasteiger partial charge is 0.462 e. The van der Waals surface area contributed by atoms with Gasteiger partial charge >= 0.3 is 5.97 Å². The number of ether oxygens (including phenoxy) is 1. The molecule has 1 fully saturated rings. The Balaban J connectivity index is 2.40. The first-order valence-electron chi connectivity index (χ1n) is 5.80. The van der Waals surface area contributed by atoms with Crippen LogP contribution in [0.2, 0.25) is 0 Å². The van der Waals surface area contributed by atoms with E-state index >= 15 is 0 Å². The van der Waals surface area contributed by atoms with Gasteiger partial charge in [0.2, 0.25) is 0 Å². The normalized spacial score (nSPS) is 29.1. The van der Waals surface area contributed by atoms with Gasteiger partial charge in [-0.3, -0.25) is 9.78 Å². The Labute approximate surface area is 95.8 Å². The van der Waals surface area contributed by atoms with Crippen LogP contribution < -0.4 is 0 Å². The summed E-state index contributed by atoms with van der Waals surface area (Å²) in [6.07, 6.45) is 6.10. The predicted octanol–water partition coefficient (Wildman–Crippen LogP) is 2.45. The van der Waals surface area contributed by atoms with Crippen LogP contribution in [0.1, 0.15) is 38.7 Å². The van der Waals surface area contributed by atoms with E-state index < -0.39 is 5.41 Å². The fraction of sp³-hybridized carbons (Fsp3) is 0.538. The molecular weight excluding hydrogens is 202 g/mol. The van der Waals surface area contributed by atoms with Crippen molar-refractivity contribution >= 4 is 5.97 Å². The maximum absolute atomic E-state index is 12.1. The lowest BCUT2D eigenvalue weighted by Crippen LogP contribution is -2.31. The van der Waals surface area contributed by atoms with Crippen molar-refractivity contribution in [2.24, 2.45) is 0 Å². The Bertz CT molecular complexity index is 377. The molecule has 2 heterocycles. The van der Waals surface area contributed by atoms with E-state index in [0.29, 0.717) is 0 Å². The molecule has 0 aliphatic carbocycles. The third-order valence-corrected chi connectivity index (χ3v) is 3.24. The molecule has 3 heteroatoms. The highest BCUT2D eigenvalue weighted by atomic mass is 16.6. The van der Waals surface area contributed by atoms with Crippen LogP contribution in [0.25, 0.3) is 0 Å². The molecular formula is C13H17NO2. The van der Waals surface area contributed by atoms with E-state index in [4.69, 9.17) is 4.74 Å². The van der Waals surface area contributed by atoms with Gasteiger partial charge in [-0.05, 0) is 31.0 Å². The van der Waals surface area contributed by atoms with E-state index in [1.807, 2.05) is 19.1 Å². The van der Waals surface area contributed by atoms with Gasteiger partial charge in [-0.2, -0.15) is 0 Å². The fourth-order valence-electron chi connectivity index (χ4n) is 2.59. The zero-order valence-electron chi connectivity index (χ0n) is 9.77. The number of hydrogen-bond donors (Lipinski definition) is 0. The summed E-state index contributed by atoms with van der Waals surface area (Å²) in [5.41, 5.74) is 0.607. The van der Waals surface area contributed by atoms with E-state index in [2.05, 4.69) is 11.9 Å². The first-order valence-corrected chi connectivity index (χ1v) is 5.80. The predicted molar refractivity (Wildman–Crippen MR) is 61.0 cm³/mol. The number of hydrogen-bond acceptors (Lipinski definition) is 3. The molecule has 3 nitrogen and oxygen atoms in total. The van der Waals surface area contributed by atoms with Crippen molar-refractivity contribution < 1.29 is 9.53 Å². The number of carbonyl (C=O) groups excluding carboxylic acids is 1. The minimum atomic E-state index is -0.433. The zero-order valence-corrected chi connectivity index (χ0v) is 9.77. The summed E-state index contributed by atoms with van der Waals surface area (Å²) in [6, 6.07) is 3.85. The van der Waals surface area contributed by atoms with Gasteiger partial charge in [0.25, 0.3) is 0 Å². The molecule has 0 bridgehead atoms. The number of esters is 1. The van der Waals surface area contributed by atoms with Gasteiger partial charge < -0.3 is 4.74 Å². The van der Waals surface area contributed by atoms with Gasteiger partial charge in [0.05, 0.1) is 5.41 Å². The number of cyclic esters (lactones) is 1. The third-order valence-electron chi connectivity index (χ3n) is 3.24. The van der Waals surface area contributed by atoms with Crippen LogP contribution in [-0.4, -0.2) is 17.1 Å². The average molecular weight is 219 g/mol. The number of aromatic nitrogens is 1. The molecule has 2 rings (SSSR count). The molecule has 1 aliphatic heterocycles.